The average Bonchev–Trinajstić information content (AvgIpc) is 3.17. The molecular weight excluding hydrogens is 413 g/mol. The Morgan fingerprint density at radius 3 is 2.42 bits per heavy atom. The molecule has 6 nitrogen and oxygen atoms in total. The van der Waals surface area contributed by atoms with Gasteiger partial charge < -0.3 is 24.9 Å². The minimum absolute atomic E-state index is 0.189. The van der Waals surface area contributed by atoms with E-state index in [2.05, 4.69) is 10.6 Å². The highest BCUT2D eigenvalue weighted by atomic mass is 19.4. The molecule has 9 heteroatoms. The molecule has 1 heterocycles. The first-order chi connectivity index (χ1) is 14.6. The van der Waals surface area contributed by atoms with Crippen molar-refractivity contribution in [2.24, 2.45) is 0 Å². The summed E-state index contributed by atoms with van der Waals surface area (Å²) in [6.45, 7) is 1.27. The lowest BCUT2D eigenvalue weighted by atomic mass is 9.96. The largest absolute Gasteiger partial charge is 0.497 e. The van der Waals surface area contributed by atoms with E-state index in [1.54, 1.807) is 7.11 Å². The van der Waals surface area contributed by atoms with E-state index in [-0.39, 0.29) is 12.3 Å². The number of benzene rings is 2. The summed E-state index contributed by atoms with van der Waals surface area (Å²) in [6.07, 6.45) is -5.74. The Balaban J connectivity index is 1.55. The van der Waals surface area contributed by atoms with Crippen LogP contribution in [0, 0.1) is 6.92 Å². The number of rotatable bonds is 7. The number of alkyl halides is 3. The van der Waals surface area contributed by atoms with Gasteiger partial charge in [0.25, 0.3) is 0 Å². The average molecular weight is 436 g/mol. The summed E-state index contributed by atoms with van der Waals surface area (Å²) in [6, 6.07) is 13.0. The van der Waals surface area contributed by atoms with Crippen molar-refractivity contribution < 1.29 is 32.2 Å². The zero-order chi connectivity index (χ0) is 22.6. The summed E-state index contributed by atoms with van der Waals surface area (Å²) < 4.78 is 50.4. The van der Waals surface area contributed by atoms with E-state index in [4.69, 9.17) is 9.15 Å². The summed E-state index contributed by atoms with van der Waals surface area (Å²) in [5.41, 5.74) is -2.36. The van der Waals surface area contributed by atoms with Crippen molar-refractivity contribution in [3.8, 4) is 5.75 Å². The molecule has 0 saturated heterocycles. The van der Waals surface area contributed by atoms with Crippen LogP contribution in [0.3, 0.4) is 0 Å². The van der Waals surface area contributed by atoms with Gasteiger partial charge in [-0.05, 0) is 53.6 Å². The van der Waals surface area contributed by atoms with Gasteiger partial charge in [-0.2, -0.15) is 13.2 Å². The fourth-order valence-electron chi connectivity index (χ4n) is 3.17. The van der Waals surface area contributed by atoms with Crippen LogP contribution >= 0.6 is 0 Å². The van der Waals surface area contributed by atoms with E-state index in [0.29, 0.717) is 0 Å². The van der Waals surface area contributed by atoms with E-state index in [1.807, 2.05) is 36.4 Å². The number of ether oxygens (including phenoxy) is 1. The lowest BCUT2D eigenvalue weighted by Gasteiger charge is -2.28. The van der Waals surface area contributed by atoms with Crippen LogP contribution in [0.25, 0.3) is 10.8 Å². The van der Waals surface area contributed by atoms with Gasteiger partial charge >= 0.3 is 12.2 Å². The number of hydrogen-bond acceptors (Lipinski definition) is 4. The van der Waals surface area contributed by atoms with E-state index >= 15 is 0 Å². The topological polar surface area (TPSA) is 83.7 Å². The number of carbonyl (C=O) groups excluding carboxylic acids is 1. The summed E-state index contributed by atoms with van der Waals surface area (Å²) >= 11 is 0. The zero-order valence-electron chi connectivity index (χ0n) is 17.0. The van der Waals surface area contributed by atoms with Gasteiger partial charge in [0.15, 0.2) is 0 Å². The van der Waals surface area contributed by atoms with Crippen LogP contribution in [0.15, 0.2) is 52.9 Å². The Bertz CT molecular complexity index is 1060. The maximum Gasteiger partial charge on any atom is 0.424 e. The first kappa shape index (κ1) is 22.5. The van der Waals surface area contributed by atoms with Crippen molar-refractivity contribution in [3.05, 3.63) is 65.6 Å². The van der Waals surface area contributed by atoms with Gasteiger partial charge in [-0.15, -0.1) is 0 Å². The van der Waals surface area contributed by atoms with Crippen molar-refractivity contribution in [1.82, 2.24) is 10.6 Å². The Morgan fingerprint density at radius 1 is 1.06 bits per heavy atom. The molecule has 2 aromatic carbocycles. The number of aliphatic hydroxyl groups is 1. The van der Waals surface area contributed by atoms with Crippen LogP contribution in [0.1, 0.15) is 23.5 Å². The number of aryl methyl sites for hydroxylation is 1. The van der Waals surface area contributed by atoms with E-state index in [9.17, 15) is 23.1 Å². The van der Waals surface area contributed by atoms with Crippen molar-refractivity contribution in [3.63, 3.8) is 0 Å². The minimum Gasteiger partial charge on any atom is -0.497 e. The maximum absolute atomic E-state index is 13.4. The van der Waals surface area contributed by atoms with Gasteiger partial charge in [0.05, 0.1) is 7.11 Å². The number of halogens is 3. The van der Waals surface area contributed by atoms with Crippen molar-refractivity contribution >= 4 is 16.8 Å². The monoisotopic (exact) mass is 436 g/mol. The molecular formula is C22H23F3N2O4. The van der Waals surface area contributed by atoms with Crippen LogP contribution in [-0.2, 0) is 12.1 Å². The van der Waals surface area contributed by atoms with Gasteiger partial charge in [-0.1, -0.05) is 18.2 Å². The second kappa shape index (κ2) is 8.89. The molecule has 31 heavy (non-hydrogen) atoms. The van der Waals surface area contributed by atoms with Crippen LogP contribution in [0.2, 0.25) is 0 Å². The molecule has 0 aliphatic rings. The quantitative estimate of drug-likeness (QED) is 0.513. The Hall–Kier alpha value is -3.20. The minimum atomic E-state index is -4.96. The number of carbonyl (C=O) groups is 1. The summed E-state index contributed by atoms with van der Waals surface area (Å²) in [7, 11) is 1.59. The van der Waals surface area contributed by atoms with Crippen molar-refractivity contribution in [2.75, 3.05) is 13.7 Å². The standard InChI is InChI=1S/C22H23F3N2O4/c1-14-3-8-19(31-14)21(29,22(23,24)25)9-10-26-20(28)27-13-15-4-5-17-12-18(30-2)7-6-16(17)11-15/h3-8,11-12,29H,9-10,13H2,1-2H3,(H2,26,27,28). The van der Waals surface area contributed by atoms with E-state index in [0.717, 1.165) is 28.2 Å². The molecule has 0 fully saturated rings. The van der Waals surface area contributed by atoms with Gasteiger partial charge in [-0.3, -0.25) is 0 Å². The molecule has 1 atom stereocenters. The number of hydrogen-bond donors (Lipinski definition) is 3. The normalized spacial score (nSPS) is 13.6. The molecule has 3 N–H and O–H groups in total. The first-order valence-corrected chi connectivity index (χ1v) is 9.57. The molecule has 0 aliphatic heterocycles. The van der Waals surface area contributed by atoms with E-state index in [1.165, 1.54) is 13.0 Å². The number of furan rings is 1. The molecule has 3 aromatic rings. The fourth-order valence-corrected chi connectivity index (χ4v) is 3.17. The molecule has 1 unspecified atom stereocenters. The number of methoxy groups -OCH3 is 1. The third-order valence-electron chi connectivity index (χ3n) is 4.95. The van der Waals surface area contributed by atoms with Gasteiger partial charge in [0, 0.05) is 19.5 Å². The lowest BCUT2D eigenvalue weighted by Crippen LogP contribution is -2.45. The molecule has 2 amide bonds. The Morgan fingerprint density at radius 2 is 1.77 bits per heavy atom. The number of fused-ring (bicyclic) bond motifs is 1. The van der Waals surface area contributed by atoms with Crippen molar-refractivity contribution in [1.29, 1.82) is 0 Å². The molecule has 0 bridgehead atoms. The van der Waals surface area contributed by atoms with Gasteiger partial charge in [-0.25, -0.2) is 4.79 Å². The molecule has 0 saturated carbocycles. The fraction of sp³-hybridized carbons (Fsp3) is 0.318. The van der Waals surface area contributed by atoms with Gasteiger partial charge in [0.2, 0.25) is 5.60 Å². The van der Waals surface area contributed by atoms with Crippen LogP contribution in [-0.4, -0.2) is 31.0 Å². The number of amides is 2. The predicted molar refractivity (Wildman–Crippen MR) is 109 cm³/mol. The smallest absolute Gasteiger partial charge is 0.424 e. The molecule has 166 valence electrons. The third-order valence-corrected chi connectivity index (χ3v) is 4.95. The third kappa shape index (κ3) is 5.11. The summed E-state index contributed by atoms with van der Waals surface area (Å²) in [4.78, 5) is 12.0. The molecule has 0 spiro atoms. The molecule has 0 radical (unpaired) electrons. The molecule has 1 aromatic heterocycles. The zero-order valence-corrected chi connectivity index (χ0v) is 17.0. The lowest BCUT2D eigenvalue weighted by molar-refractivity contribution is -0.274. The second-order valence-electron chi connectivity index (χ2n) is 7.18. The maximum atomic E-state index is 13.4. The highest BCUT2D eigenvalue weighted by molar-refractivity contribution is 5.84. The SMILES string of the molecule is COc1ccc2cc(CNC(=O)NCCC(O)(c3ccc(C)o3)C(F)(F)F)ccc2c1. The second-order valence-corrected chi connectivity index (χ2v) is 7.18. The predicted octanol–water partition coefficient (Wildman–Crippen LogP) is 4.39. The Kier molecular flexibility index (Phi) is 6.45. The van der Waals surface area contributed by atoms with E-state index < -0.39 is 36.5 Å². The summed E-state index contributed by atoms with van der Waals surface area (Å²) in [5.74, 6) is 0.381. The van der Waals surface area contributed by atoms with Crippen molar-refractivity contribution in [2.45, 2.75) is 31.7 Å². The highest BCUT2D eigenvalue weighted by Crippen LogP contribution is 2.42. The molecule has 0 aliphatic carbocycles. The summed E-state index contributed by atoms with van der Waals surface area (Å²) in [5, 5.41) is 17.1. The van der Waals surface area contributed by atoms with Crippen LogP contribution in [0.4, 0.5) is 18.0 Å². The first-order valence-electron chi connectivity index (χ1n) is 9.57. The van der Waals surface area contributed by atoms with Gasteiger partial charge in [0.1, 0.15) is 17.3 Å². The van der Waals surface area contributed by atoms with Crippen LogP contribution < -0.4 is 15.4 Å². The Labute approximate surface area is 177 Å². The molecule has 3 rings (SSSR count). The number of urea groups is 1. The number of nitrogens with one attached hydrogen (secondary N) is 2. The highest BCUT2D eigenvalue weighted by Gasteiger charge is 2.56. The van der Waals surface area contributed by atoms with Crippen LogP contribution in [0.5, 0.6) is 5.75 Å².